The highest BCUT2D eigenvalue weighted by Crippen LogP contribution is 2.36. The van der Waals surface area contributed by atoms with Crippen molar-refractivity contribution in [1.29, 1.82) is 0 Å². The van der Waals surface area contributed by atoms with Crippen LogP contribution in [-0.4, -0.2) is 4.92 Å². The maximum atomic E-state index is 13.2. The van der Waals surface area contributed by atoms with Crippen LogP contribution in [-0.2, 0) is 6.54 Å². The van der Waals surface area contributed by atoms with Crippen molar-refractivity contribution in [3.63, 3.8) is 0 Å². The Morgan fingerprint density at radius 3 is 2.62 bits per heavy atom. The van der Waals surface area contributed by atoms with Crippen molar-refractivity contribution in [2.75, 3.05) is 0 Å². The molecule has 6 heteroatoms. The fraction of sp³-hybridized carbons (Fsp3) is 0.200. The summed E-state index contributed by atoms with van der Waals surface area (Å²) in [6.45, 7) is 3.57. The Kier molecular flexibility index (Phi) is 4.18. The van der Waals surface area contributed by atoms with E-state index in [0.717, 1.165) is 5.56 Å². The first-order valence-electron chi connectivity index (χ1n) is 6.34. The molecule has 2 aromatic rings. The van der Waals surface area contributed by atoms with Crippen LogP contribution in [0.2, 0.25) is 0 Å². The summed E-state index contributed by atoms with van der Waals surface area (Å²) in [6.07, 6.45) is 0. The summed E-state index contributed by atoms with van der Waals surface area (Å²) in [5.41, 5.74) is 7.28. The molecule has 0 aromatic heterocycles. The number of halogens is 1. The van der Waals surface area contributed by atoms with E-state index in [1.54, 1.807) is 19.9 Å². The van der Waals surface area contributed by atoms with Crippen molar-refractivity contribution in [3.05, 3.63) is 63.0 Å². The molecule has 2 rings (SSSR count). The number of aryl methyl sites for hydroxylation is 2. The largest absolute Gasteiger partial charge is 0.450 e. The second-order valence-corrected chi connectivity index (χ2v) is 4.75. The quantitative estimate of drug-likeness (QED) is 0.689. The fourth-order valence-electron chi connectivity index (χ4n) is 2.12. The molecule has 0 heterocycles. The Morgan fingerprint density at radius 2 is 2.00 bits per heavy atom. The summed E-state index contributed by atoms with van der Waals surface area (Å²) in [6, 6.07) is 7.12. The molecule has 0 aliphatic rings. The first kappa shape index (κ1) is 14.9. The van der Waals surface area contributed by atoms with E-state index in [1.807, 2.05) is 0 Å². The molecule has 2 aromatic carbocycles. The second-order valence-electron chi connectivity index (χ2n) is 4.75. The molecule has 0 amide bonds. The molecule has 110 valence electrons. The fourth-order valence-corrected chi connectivity index (χ4v) is 2.12. The zero-order chi connectivity index (χ0) is 15.6. The highest BCUT2D eigenvalue weighted by molar-refractivity contribution is 5.55. The Morgan fingerprint density at radius 1 is 1.29 bits per heavy atom. The lowest BCUT2D eigenvalue weighted by molar-refractivity contribution is -0.385. The van der Waals surface area contributed by atoms with Gasteiger partial charge in [-0.25, -0.2) is 4.39 Å². The van der Waals surface area contributed by atoms with Crippen LogP contribution in [0.5, 0.6) is 11.5 Å². The van der Waals surface area contributed by atoms with Crippen molar-refractivity contribution in [1.82, 2.24) is 0 Å². The van der Waals surface area contributed by atoms with E-state index in [-0.39, 0.29) is 18.0 Å². The molecule has 0 fully saturated rings. The first-order chi connectivity index (χ1) is 9.92. The molecular formula is C15H15FN2O3. The molecule has 0 atom stereocenters. The summed E-state index contributed by atoms with van der Waals surface area (Å²) in [7, 11) is 0. The monoisotopic (exact) mass is 290 g/mol. The zero-order valence-electron chi connectivity index (χ0n) is 11.7. The normalized spacial score (nSPS) is 10.5. The first-order valence-corrected chi connectivity index (χ1v) is 6.34. The van der Waals surface area contributed by atoms with Crippen molar-refractivity contribution < 1.29 is 14.1 Å². The molecule has 0 aliphatic heterocycles. The smallest absolute Gasteiger partial charge is 0.312 e. The van der Waals surface area contributed by atoms with Gasteiger partial charge in [-0.1, -0.05) is 6.07 Å². The van der Waals surface area contributed by atoms with E-state index in [0.29, 0.717) is 16.9 Å². The maximum Gasteiger partial charge on any atom is 0.312 e. The summed E-state index contributed by atoms with van der Waals surface area (Å²) in [5, 5.41) is 11.2. The van der Waals surface area contributed by atoms with Gasteiger partial charge >= 0.3 is 5.69 Å². The topological polar surface area (TPSA) is 78.4 Å². The van der Waals surface area contributed by atoms with E-state index in [2.05, 4.69) is 0 Å². The van der Waals surface area contributed by atoms with Gasteiger partial charge in [0.15, 0.2) is 0 Å². The molecular weight excluding hydrogens is 275 g/mol. The van der Waals surface area contributed by atoms with E-state index < -0.39 is 10.7 Å². The van der Waals surface area contributed by atoms with E-state index in [4.69, 9.17) is 10.5 Å². The lowest BCUT2D eigenvalue weighted by Crippen LogP contribution is -2.02. The Bertz CT molecular complexity index is 702. The Balaban J connectivity index is 2.51. The number of ether oxygens (including phenoxy) is 1. The molecule has 0 radical (unpaired) electrons. The van der Waals surface area contributed by atoms with Crippen LogP contribution in [0.15, 0.2) is 30.3 Å². The number of benzene rings is 2. The average Bonchev–Trinajstić information content (AvgIpc) is 2.42. The summed E-state index contributed by atoms with van der Waals surface area (Å²) in [4.78, 5) is 10.7. The van der Waals surface area contributed by atoms with E-state index in [9.17, 15) is 14.5 Å². The van der Waals surface area contributed by atoms with Crippen LogP contribution in [0, 0.1) is 29.8 Å². The van der Waals surface area contributed by atoms with Crippen molar-refractivity contribution >= 4 is 5.69 Å². The van der Waals surface area contributed by atoms with Crippen LogP contribution in [0.25, 0.3) is 0 Å². The Labute approximate surface area is 121 Å². The molecule has 0 bridgehead atoms. The molecule has 0 saturated carbocycles. The second kappa shape index (κ2) is 5.88. The van der Waals surface area contributed by atoms with Crippen LogP contribution in [0.4, 0.5) is 10.1 Å². The number of hydrogen-bond acceptors (Lipinski definition) is 4. The van der Waals surface area contributed by atoms with E-state index >= 15 is 0 Å². The highest BCUT2D eigenvalue weighted by atomic mass is 19.1. The number of rotatable bonds is 4. The predicted octanol–water partition coefficient (Wildman–Crippen LogP) is 3.60. The van der Waals surface area contributed by atoms with Gasteiger partial charge in [0.25, 0.3) is 0 Å². The third kappa shape index (κ3) is 3.17. The van der Waals surface area contributed by atoms with Crippen molar-refractivity contribution in [3.8, 4) is 11.5 Å². The van der Waals surface area contributed by atoms with Crippen LogP contribution < -0.4 is 10.5 Å². The minimum absolute atomic E-state index is 0.0752. The lowest BCUT2D eigenvalue weighted by Gasteiger charge is -2.13. The highest BCUT2D eigenvalue weighted by Gasteiger charge is 2.20. The summed E-state index contributed by atoms with van der Waals surface area (Å²) < 4.78 is 18.8. The summed E-state index contributed by atoms with van der Waals surface area (Å²) >= 11 is 0. The zero-order valence-corrected chi connectivity index (χ0v) is 11.7. The van der Waals surface area contributed by atoms with Crippen LogP contribution in [0.3, 0.4) is 0 Å². The van der Waals surface area contributed by atoms with E-state index in [1.165, 1.54) is 24.3 Å². The van der Waals surface area contributed by atoms with Gasteiger partial charge in [-0.2, -0.15) is 0 Å². The molecule has 5 nitrogen and oxygen atoms in total. The molecule has 0 aliphatic carbocycles. The number of nitro groups is 1. The van der Waals surface area contributed by atoms with Crippen molar-refractivity contribution in [2.45, 2.75) is 20.4 Å². The Hall–Kier alpha value is -2.47. The minimum Gasteiger partial charge on any atom is -0.450 e. The van der Waals surface area contributed by atoms with Gasteiger partial charge in [0.05, 0.1) is 4.92 Å². The maximum absolute atomic E-state index is 13.2. The van der Waals surface area contributed by atoms with Gasteiger partial charge in [-0.15, -0.1) is 0 Å². The number of nitro benzene ring substituents is 1. The summed E-state index contributed by atoms with van der Waals surface area (Å²) in [5.74, 6) is 0.0267. The average molecular weight is 290 g/mol. The van der Waals surface area contributed by atoms with Crippen LogP contribution >= 0.6 is 0 Å². The van der Waals surface area contributed by atoms with Gasteiger partial charge in [0.2, 0.25) is 5.75 Å². The van der Waals surface area contributed by atoms with Gasteiger partial charge in [0.1, 0.15) is 11.6 Å². The van der Waals surface area contributed by atoms with Gasteiger partial charge in [-0.05, 0) is 43.2 Å². The van der Waals surface area contributed by atoms with Gasteiger partial charge in [-0.3, -0.25) is 10.1 Å². The molecule has 21 heavy (non-hydrogen) atoms. The predicted molar refractivity (Wildman–Crippen MR) is 76.9 cm³/mol. The number of hydrogen-bond donors (Lipinski definition) is 1. The lowest BCUT2D eigenvalue weighted by atomic mass is 10.1. The molecule has 0 saturated heterocycles. The van der Waals surface area contributed by atoms with Gasteiger partial charge < -0.3 is 10.5 Å². The number of nitrogens with two attached hydrogens (primary N) is 1. The minimum atomic E-state index is -0.499. The SMILES string of the molecule is Cc1cc(C)c(Oc2ccc(F)cc2CN)c([N+](=O)[O-])c1. The van der Waals surface area contributed by atoms with Crippen LogP contribution in [0.1, 0.15) is 16.7 Å². The standard InChI is InChI=1S/C15H15FN2O3/c1-9-5-10(2)15(13(6-9)18(19)20)21-14-4-3-12(16)7-11(14)8-17/h3-7H,8,17H2,1-2H3. The van der Waals surface area contributed by atoms with Crippen molar-refractivity contribution in [2.24, 2.45) is 5.73 Å². The van der Waals surface area contributed by atoms with Gasteiger partial charge in [0, 0.05) is 18.2 Å². The third-order valence-electron chi connectivity index (χ3n) is 3.05. The number of nitrogens with zero attached hydrogens (tertiary/aromatic N) is 1. The molecule has 2 N–H and O–H groups in total. The molecule has 0 unspecified atom stereocenters. The molecule has 0 spiro atoms. The third-order valence-corrected chi connectivity index (χ3v) is 3.05.